The van der Waals surface area contributed by atoms with Crippen molar-refractivity contribution in [1.82, 2.24) is 0 Å². The quantitative estimate of drug-likeness (QED) is 0.876. The Morgan fingerprint density at radius 3 is 2.67 bits per heavy atom. The number of benzene rings is 1. The SMILES string of the molecule is CN1CCc2cc(C3(C(=O)O)CC3(F)F)ccc21. The molecular formula is C13H13F2NO2. The molecule has 0 amide bonds. The molecule has 3 rings (SSSR count). The highest BCUT2D eigenvalue weighted by molar-refractivity contribution is 5.88. The lowest BCUT2D eigenvalue weighted by Gasteiger charge is -2.15. The number of hydrogen-bond donors (Lipinski definition) is 1. The predicted molar refractivity (Wildman–Crippen MR) is 62.3 cm³/mol. The number of nitrogens with zero attached hydrogens (tertiary/aromatic N) is 1. The van der Waals surface area contributed by atoms with Gasteiger partial charge in [0.1, 0.15) is 0 Å². The summed E-state index contributed by atoms with van der Waals surface area (Å²) < 4.78 is 26.9. The number of alkyl halides is 2. The van der Waals surface area contributed by atoms with Gasteiger partial charge in [0.05, 0.1) is 0 Å². The van der Waals surface area contributed by atoms with Crippen molar-refractivity contribution >= 4 is 11.7 Å². The molecule has 1 aliphatic carbocycles. The standard InChI is InChI=1S/C13H13F2NO2/c1-16-5-4-8-6-9(2-3-10(8)16)12(11(17)18)7-13(12,14)15/h2-3,6H,4-5,7H2,1H3,(H,17,18). The highest BCUT2D eigenvalue weighted by Crippen LogP contribution is 2.62. The maximum Gasteiger partial charge on any atom is 0.320 e. The smallest absolute Gasteiger partial charge is 0.320 e. The van der Waals surface area contributed by atoms with Crippen molar-refractivity contribution in [2.24, 2.45) is 0 Å². The Hall–Kier alpha value is -1.65. The van der Waals surface area contributed by atoms with E-state index in [0.717, 1.165) is 24.2 Å². The van der Waals surface area contributed by atoms with Crippen LogP contribution in [0.3, 0.4) is 0 Å². The zero-order valence-corrected chi connectivity index (χ0v) is 9.91. The van der Waals surface area contributed by atoms with Gasteiger partial charge in [-0.1, -0.05) is 12.1 Å². The molecule has 0 aromatic heterocycles. The van der Waals surface area contributed by atoms with Crippen LogP contribution < -0.4 is 4.90 Å². The molecule has 1 fully saturated rings. The first kappa shape index (κ1) is 11.4. The van der Waals surface area contributed by atoms with E-state index in [0.29, 0.717) is 0 Å². The van der Waals surface area contributed by atoms with Crippen LogP contribution in [-0.2, 0) is 16.6 Å². The molecule has 1 saturated carbocycles. The summed E-state index contributed by atoms with van der Waals surface area (Å²) in [6, 6.07) is 4.90. The summed E-state index contributed by atoms with van der Waals surface area (Å²) in [5.74, 6) is -4.56. The van der Waals surface area contributed by atoms with E-state index in [1.807, 2.05) is 11.9 Å². The van der Waals surface area contributed by atoms with Crippen molar-refractivity contribution < 1.29 is 18.7 Å². The average Bonchev–Trinajstić information content (AvgIpc) is 2.72. The third-order valence-electron chi connectivity index (χ3n) is 4.05. The number of fused-ring (bicyclic) bond motifs is 1. The van der Waals surface area contributed by atoms with Gasteiger partial charge in [-0.2, -0.15) is 0 Å². The monoisotopic (exact) mass is 253 g/mol. The first-order valence-electron chi connectivity index (χ1n) is 5.84. The molecule has 1 atom stereocenters. The lowest BCUT2D eigenvalue weighted by atomic mass is 9.93. The Kier molecular flexibility index (Phi) is 2.04. The third-order valence-corrected chi connectivity index (χ3v) is 4.05. The van der Waals surface area contributed by atoms with E-state index < -0.39 is 23.7 Å². The van der Waals surface area contributed by atoms with Crippen LogP contribution in [0.4, 0.5) is 14.5 Å². The normalized spacial score (nSPS) is 28.1. The van der Waals surface area contributed by atoms with Crippen molar-refractivity contribution in [3.05, 3.63) is 29.3 Å². The zero-order valence-electron chi connectivity index (χ0n) is 9.91. The number of aliphatic carboxylic acids is 1. The van der Waals surface area contributed by atoms with Crippen molar-refractivity contribution in [2.45, 2.75) is 24.2 Å². The topological polar surface area (TPSA) is 40.5 Å². The minimum absolute atomic E-state index is 0.231. The van der Waals surface area contributed by atoms with Gasteiger partial charge < -0.3 is 10.0 Å². The summed E-state index contributed by atoms with van der Waals surface area (Å²) in [4.78, 5) is 13.2. The number of likely N-dealkylation sites (N-methyl/N-ethyl adjacent to an activating group) is 1. The molecule has 0 saturated heterocycles. The summed E-state index contributed by atoms with van der Waals surface area (Å²) in [6.45, 7) is 0.843. The average molecular weight is 253 g/mol. The molecule has 0 radical (unpaired) electrons. The zero-order chi connectivity index (χ0) is 13.1. The van der Waals surface area contributed by atoms with E-state index in [9.17, 15) is 13.6 Å². The van der Waals surface area contributed by atoms with Crippen LogP contribution in [0.1, 0.15) is 17.5 Å². The largest absolute Gasteiger partial charge is 0.480 e. The van der Waals surface area contributed by atoms with Gasteiger partial charge in [0.2, 0.25) is 0 Å². The lowest BCUT2D eigenvalue weighted by molar-refractivity contribution is -0.142. The molecule has 1 N–H and O–H groups in total. The molecule has 18 heavy (non-hydrogen) atoms. The number of halogens is 2. The Labute approximate surface area is 103 Å². The van der Waals surface area contributed by atoms with Gasteiger partial charge in [-0.25, -0.2) is 8.78 Å². The number of anilines is 1. The van der Waals surface area contributed by atoms with Gasteiger partial charge in [0, 0.05) is 25.7 Å². The van der Waals surface area contributed by atoms with Crippen LogP contribution in [0, 0.1) is 0 Å². The van der Waals surface area contributed by atoms with E-state index in [-0.39, 0.29) is 5.56 Å². The van der Waals surface area contributed by atoms with Crippen LogP contribution in [-0.4, -0.2) is 30.6 Å². The van der Waals surface area contributed by atoms with Crippen LogP contribution in [0.15, 0.2) is 18.2 Å². The first-order valence-corrected chi connectivity index (χ1v) is 5.84. The van der Waals surface area contributed by atoms with Gasteiger partial charge in [0.25, 0.3) is 5.92 Å². The summed E-state index contributed by atoms with van der Waals surface area (Å²) in [5, 5.41) is 9.10. The van der Waals surface area contributed by atoms with Gasteiger partial charge in [-0.05, 0) is 23.6 Å². The van der Waals surface area contributed by atoms with E-state index in [4.69, 9.17) is 5.11 Å². The summed E-state index contributed by atoms with van der Waals surface area (Å²) in [6.07, 6.45) is 0.185. The molecule has 3 nitrogen and oxygen atoms in total. The molecular weight excluding hydrogens is 240 g/mol. The molecule has 1 heterocycles. The van der Waals surface area contributed by atoms with E-state index in [1.54, 1.807) is 12.1 Å². The fourth-order valence-electron chi connectivity index (χ4n) is 2.79. The van der Waals surface area contributed by atoms with E-state index in [1.165, 1.54) is 6.07 Å². The molecule has 5 heteroatoms. The second-order valence-electron chi connectivity index (χ2n) is 5.11. The van der Waals surface area contributed by atoms with Crippen molar-refractivity contribution in [1.29, 1.82) is 0 Å². The molecule has 1 unspecified atom stereocenters. The Morgan fingerprint density at radius 2 is 2.11 bits per heavy atom. The van der Waals surface area contributed by atoms with Crippen molar-refractivity contribution in [3.63, 3.8) is 0 Å². The van der Waals surface area contributed by atoms with Crippen LogP contribution in [0.25, 0.3) is 0 Å². The summed E-state index contributed by atoms with van der Waals surface area (Å²) in [7, 11) is 1.93. The summed E-state index contributed by atoms with van der Waals surface area (Å²) in [5.41, 5.74) is 0.194. The number of rotatable bonds is 2. The van der Waals surface area contributed by atoms with Gasteiger partial charge >= 0.3 is 5.97 Å². The molecule has 1 aromatic carbocycles. The fourth-order valence-corrected chi connectivity index (χ4v) is 2.79. The maximum atomic E-state index is 13.4. The van der Waals surface area contributed by atoms with Crippen LogP contribution in [0.2, 0.25) is 0 Å². The minimum Gasteiger partial charge on any atom is -0.480 e. The third kappa shape index (κ3) is 1.24. The van der Waals surface area contributed by atoms with Crippen LogP contribution >= 0.6 is 0 Å². The Morgan fingerprint density at radius 1 is 1.44 bits per heavy atom. The summed E-state index contributed by atoms with van der Waals surface area (Å²) >= 11 is 0. The highest BCUT2D eigenvalue weighted by atomic mass is 19.3. The van der Waals surface area contributed by atoms with Crippen molar-refractivity contribution in [3.8, 4) is 0 Å². The van der Waals surface area contributed by atoms with Crippen molar-refractivity contribution in [2.75, 3.05) is 18.5 Å². The second kappa shape index (κ2) is 3.22. The molecule has 0 bridgehead atoms. The number of carbonyl (C=O) groups is 1. The Balaban J connectivity index is 2.07. The molecule has 1 aliphatic heterocycles. The predicted octanol–water partition coefficient (Wildman–Crippen LogP) is 2.04. The minimum atomic E-state index is -3.13. The van der Waals surface area contributed by atoms with Gasteiger partial charge in [0.15, 0.2) is 5.41 Å². The number of carboxylic acids is 1. The molecule has 2 aliphatic rings. The highest BCUT2D eigenvalue weighted by Gasteiger charge is 2.77. The second-order valence-corrected chi connectivity index (χ2v) is 5.11. The van der Waals surface area contributed by atoms with Gasteiger partial charge in [-0.15, -0.1) is 0 Å². The lowest BCUT2D eigenvalue weighted by Crippen LogP contribution is -2.27. The molecule has 1 aromatic rings. The Bertz CT molecular complexity index is 544. The maximum absolute atomic E-state index is 13.4. The fraction of sp³-hybridized carbons (Fsp3) is 0.462. The number of carboxylic acid groups (broad SMARTS) is 1. The number of hydrogen-bond acceptors (Lipinski definition) is 2. The van der Waals surface area contributed by atoms with Crippen LogP contribution in [0.5, 0.6) is 0 Å². The van der Waals surface area contributed by atoms with E-state index >= 15 is 0 Å². The molecule has 0 spiro atoms. The first-order chi connectivity index (χ1) is 8.38. The van der Waals surface area contributed by atoms with Gasteiger partial charge in [-0.3, -0.25) is 4.79 Å². The molecule has 96 valence electrons. The van der Waals surface area contributed by atoms with E-state index in [2.05, 4.69) is 0 Å².